The summed E-state index contributed by atoms with van der Waals surface area (Å²) < 4.78 is 1.09. The molecule has 3 heteroatoms. The van der Waals surface area contributed by atoms with Gasteiger partial charge in [0.15, 0.2) is 0 Å². The van der Waals surface area contributed by atoms with Crippen molar-refractivity contribution in [2.45, 2.75) is 13.5 Å². The van der Waals surface area contributed by atoms with Crippen molar-refractivity contribution < 1.29 is 0 Å². The number of hydrogen-bond acceptors (Lipinski definition) is 2. The smallest absolute Gasteiger partial charge is 0.0420 e. The van der Waals surface area contributed by atoms with Crippen LogP contribution in [0.25, 0.3) is 0 Å². The maximum atomic E-state index is 5.69. The van der Waals surface area contributed by atoms with Crippen LogP contribution in [0.3, 0.4) is 0 Å². The molecular weight excluding hydrogens is 228 g/mol. The fraction of sp³-hybridized carbons (Fsp3) is 0.400. The number of anilines is 1. The van der Waals surface area contributed by atoms with Crippen molar-refractivity contribution in [1.29, 1.82) is 0 Å². The molecule has 0 saturated heterocycles. The Morgan fingerprint density at radius 3 is 2.69 bits per heavy atom. The first-order chi connectivity index (χ1) is 6.20. The number of halogens is 1. The zero-order valence-corrected chi connectivity index (χ0v) is 9.63. The van der Waals surface area contributed by atoms with Crippen molar-refractivity contribution in [3.05, 3.63) is 28.2 Å². The first-order valence-electron chi connectivity index (χ1n) is 4.39. The van der Waals surface area contributed by atoms with Gasteiger partial charge in [-0.05, 0) is 19.1 Å². The summed E-state index contributed by atoms with van der Waals surface area (Å²) in [7, 11) is 2.07. The lowest BCUT2D eigenvalue weighted by Crippen LogP contribution is -2.18. The Bertz CT molecular complexity index is 286. The summed E-state index contributed by atoms with van der Waals surface area (Å²) >= 11 is 3.50. The molecule has 1 aromatic carbocycles. The van der Waals surface area contributed by atoms with Crippen LogP contribution in [-0.2, 0) is 6.54 Å². The molecule has 0 fully saturated rings. The van der Waals surface area contributed by atoms with Gasteiger partial charge in [0.1, 0.15) is 0 Å². The van der Waals surface area contributed by atoms with Gasteiger partial charge in [-0.15, -0.1) is 0 Å². The Labute approximate surface area is 87.9 Å². The first kappa shape index (κ1) is 10.5. The van der Waals surface area contributed by atoms with Crippen LogP contribution in [-0.4, -0.2) is 13.6 Å². The average Bonchev–Trinajstić information content (AvgIpc) is 2.16. The summed E-state index contributed by atoms with van der Waals surface area (Å²) in [5.74, 6) is 0. The van der Waals surface area contributed by atoms with Crippen LogP contribution in [0.15, 0.2) is 22.7 Å². The first-order valence-corrected chi connectivity index (χ1v) is 5.18. The lowest BCUT2D eigenvalue weighted by Gasteiger charge is -2.20. The minimum absolute atomic E-state index is 0.571. The normalized spacial score (nSPS) is 10.2. The largest absolute Gasteiger partial charge is 0.375 e. The summed E-state index contributed by atoms with van der Waals surface area (Å²) in [6.07, 6.45) is 0. The minimum atomic E-state index is 0.571. The third-order valence-electron chi connectivity index (χ3n) is 2.18. The maximum absolute atomic E-state index is 5.69. The number of rotatable bonds is 3. The molecule has 1 rings (SSSR count). The molecule has 0 heterocycles. The molecule has 0 saturated carbocycles. The molecule has 0 unspecified atom stereocenters. The highest BCUT2D eigenvalue weighted by molar-refractivity contribution is 9.10. The van der Waals surface area contributed by atoms with Gasteiger partial charge in [0.2, 0.25) is 0 Å². The van der Waals surface area contributed by atoms with Crippen LogP contribution in [0.2, 0.25) is 0 Å². The highest BCUT2D eigenvalue weighted by Gasteiger charge is 2.06. The van der Waals surface area contributed by atoms with E-state index in [1.54, 1.807) is 0 Å². The predicted octanol–water partition coefficient (Wildman–Crippen LogP) is 2.36. The molecule has 0 radical (unpaired) electrons. The van der Waals surface area contributed by atoms with Crippen LogP contribution < -0.4 is 10.6 Å². The fourth-order valence-electron chi connectivity index (χ4n) is 1.28. The van der Waals surface area contributed by atoms with E-state index >= 15 is 0 Å². The maximum Gasteiger partial charge on any atom is 0.0420 e. The SMILES string of the molecule is CCN(C)c1cccc(Br)c1CN. The monoisotopic (exact) mass is 242 g/mol. The molecule has 0 bridgehead atoms. The van der Waals surface area contributed by atoms with E-state index in [1.807, 2.05) is 12.1 Å². The molecular formula is C10H15BrN2. The van der Waals surface area contributed by atoms with Crippen molar-refractivity contribution in [2.24, 2.45) is 5.73 Å². The van der Waals surface area contributed by atoms with Crippen molar-refractivity contribution in [2.75, 3.05) is 18.5 Å². The summed E-state index contributed by atoms with van der Waals surface area (Å²) in [6, 6.07) is 6.15. The second kappa shape index (κ2) is 4.63. The molecule has 0 aliphatic heterocycles. The van der Waals surface area contributed by atoms with Gasteiger partial charge >= 0.3 is 0 Å². The lowest BCUT2D eigenvalue weighted by molar-refractivity contribution is 0.938. The molecule has 1 aromatic rings. The van der Waals surface area contributed by atoms with E-state index in [1.165, 1.54) is 11.3 Å². The van der Waals surface area contributed by atoms with Crippen LogP contribution in [0.5, 0.6) is 0 Å². The van der Waals surface area contributed by atoms with Crippen LogP contribution in [0.4, 0.5) is 5.69 Å². The number of benzene rings is 1. The molecule has 0 spiro atoms. The van der Waals surface area contributed by atoms with Gasteiger partial charge in [0.25, 0.3) is 0 Å². The van der Waals surface area contributed by atoms with E-state index in [0.717, 1.165) is 11.0 Å². The highest BCUT2D eigenvalue weighted by Crippen LogP contribution is 2.26. The molecule has 2 N–H and O–H groups in total. The summed E-state index contributed by atoms with van der Waals surface area (Å²) in [6.45, 7) is 3.69. The fourth-order valence-corrected chi connectivity index (χ4v) is 1.79. The van der Waals surface area contributed by atoms with Gasteiger partial charge in [-0.3, -0.25) is 0 Å². The third-order valence-corrected chi connectivity index (χ3v) is 2.93. The van der Waals surface area contributed by atoms with E-state index in [9.17, 15) is 0 Å². The van der Waals surface area contributed by atoms with Crippen molar-refractivity contribution >= 4 is 21.6 Å². The predicted molar refractivity (Wildman–Crippen MR) is 61.0 cm³/mol. The number of nitrogens with zero attached hydrogens (tertiary/aromatic N) is 1. The van der Waals surface area contributed by atoms with Crippen molar-refractivity contribution in [1.82, 2.24) is 0 Å². The topological polar surface area (TPSA) is 29.3 Å². The Morgan fingerprint density at radius 2 is 2.15 bits per heavy atom. The van der Waals surface area contributed by atoms with E-state index in [0.29, 0.717) is 6.54 Å². The van der Waals surface area contributed by atoms with Crippen LogP contribution in [0.1, 0.15) is 12.5 Å². The third kappa shape index (κ3) is 2.23. The molecule has 72 valence electrons. The second-order valence-electron chi connectivity index (χ2n) is 2.96. The Hall–Kier alpha value is -0.540. The second-order valence-corrected chi connectivity index (χ2v) is 3.81. The van der Waals surface area contributed by atoms with Crippen LogP contribution in [0, 0.1) is 0 Å². The quantitative estimate of drug-likeness (QED) is 0.883. The van der Waals surface area contributed by atoms with Gasteiger partial charge in [-0.1, -0.05) is 22.0 Å². The Balaban J connectivity index is 3.12. The van der Waals surface area contributed by atoms with E-state index in [4.69, 9.17) is 5.73 Å². The van der Waals surface area contributed by atoms with Gasteiger partial charge in [0.05, 0.1) is 0 Å². The van der Waals surface area contributed by atoms with E-state index in [2.05, 4.69) is 40.9 Å². The van der Waals surface area contributed by atoms with E-state index < -0.39 is 0 Å². The molecule has 0 atom stereocenters. The Morgan fingerprint density at radius 1 is 1.46 bits per heavy atom. The van der Waals surface area contributed by atoms with Crippen molar-refractivity contribution in [3.8, 4) is 0 Å². The van der Waals surface area contributed by atoms with Crippen LogP contribution >= 0.6 is 15.9 Å². The molecule has 13 heavy (non-hydrogen) atoms. The average molecular weight is 243 g/mol. The Kier molecular flexibility index (Phi) is 3.75. The van der Waals surface area contributed by atoms with Gasteiger partial charge in [-0.2, -0.15) is 0 Å². The molecule has 0 aromatic heterocycles. The summed E-state index contributed by atoms with van der Waals surface area (Å²) in [5.41, 5.74) is 8.07. The zero-order chi connectivity index (χ0) is 9.84. The molecule has 0 aliphatic carbocycles. The number of nitrogens with two attached hydrogens (primary N) is 1. The summed E-state index contributed by atoms with van der Waals surface area (Å²) in [5, 5.41) is 0. The highest BCUT2D eigenvalue weighted by atomic mass is 79.9. The minimum Gasteiger partial charge on any atom is -0.375 e. The van der Waals surface area contributed by atoms with E-state index in [-0.39, 0.29) is 0 Å². The van der Waals surface area contributed by atoms with Crippen molar-refractivity contribution in [3.63, 3.8) is 0 Å². The summed E-state index contributed by atoms with van der Waals surface area (Å²) in [4.78, 5) is 2.19. The lowest BCUT2D eigenvalue weighted by atomic mass is 10.1. The van der Waals surface area contributed by atoms with Gasteiger partial charge < -0.3 is 10.6 Å². The number of hydrogen-bond donors (Lipinski definition) is 1. The van der Waals surface area contributed by atoms with Gasteiger partial charge in [0, 0.05) is 35.9 Å². The molecule has 0 amide bonds. The molecule has 2 nitrogen and oxygen atoms in total. The standard InChI is InChI=1S/C10H15BrN2/c1-3-13(2)10-6-4-5-9(11)8(10)7-12/h4-6H,3,7,12H2,1-2H3. The van der Waals surface area contributed by atoms with Gasteiger partial charge in [-0.25, -0.2) is 0 Å². The molecule has 0 aliphatic rings. The zero-order valence-electron chi connectivity index (χ0n) is 8.05.